The minimum absolute atomic E-state index is 0.0260. The highest BCUT2D eigenvalue weighted by molar-refractivity contribution is 6.32. The standard InChI is InChI=1S/C17H13Cl2F3N2O/c18-9-3-4-10(13(8-9)17(20,21)22)11-5-6-14(11)24-16(25)12-2-1-7-23-15(12)19/h1-4,7-8,11,14H,5-6H2,(H,24,25)/t11-,14-/m1/s1. The van der Waals surface area contributed by atoms with Crippen LogP contribution in [0.2, 0.25) is 10.2 Å². The number of amides is 1. The molecule has 2 aromatic rings. The molecule has 1 N–H and O–H groups in total. The Hall–Kier alpha value is -1.79. The zero-order chi connectivity index (χ0) is 18.2. The van der Waals surface area contributed by atoms with Crippen LogP contribution in [0.4, 0.5) is 13.2 Å². The van der Waals surface area contributed by atoms with Gasteiger partial charge in [-0.2, -0.15) is 13.2 Å². The van der Waals surface area contributed by atoms with Gasteiger partial charge >= 0.3 is 6.18 Å². The minimum atomic E-state index is -4.50. The number of aromatic nitrogens is 1. The van der Waals surface area contributed by atoms with Gasteiger partial charge in [0, 0.05) is 23.2 Å². The van der Waals surface area contributed by atoms with E-state index < -0.39 is 29.6 Å². The van der Waals surface area contributed by atoms with Crippen LogP contribution < -0.4 is 5.32 Å². The highest BCUT2D eigenvalue weighted by atomic mass is 35.5. The topological polar surface area (TPSA) is 42.0 Å². The zero-order valence-corrected chi connectivity index (χ0v) is 14.3. The number of alkyl halides is 3. The van der Waals surface area contributed by atoms with Crippen molar-refractivity contribution < 1.29 is 18.0 Å². The van der Waals surface area contributed by atoms with E-state index in [0.717, 1.165) is 6.07 Å². The monoisotopic (exact) mass is 388 g/mol. The number of nitrogens with one attached hydrogen (secondary N) is 1. The van der Waals surface area contributed by atoms with Gasteiger partial charge in [0.25, 0.3) is 5.91 Å². The molecule has 0 bridgehead atoms. The van der Waals surface area contributed by atoms with E-state index in [1.165, 1.54) is 24.4 Å². The van der Waals surface area contributed by atoms with Crippen LogP contribution in [0.5, 0.6) is 0 Å². The lowest BCUT2D eigenvalue weighted by Crippen LogP contribution is -2.46. The van der Waals surface area contributed by atoms with Gasteiger partial charge in [-0.15, -0.1) is 0 Å². The number of rotatable bonds is 3. The summed E-state index contributed by atoms with van der Waals surface area (Å²) in [5, 5.41) is 2.83. The molecule has 1 aromatic carbocycles. The maximum absolute atomic E-state index is 13.3. The van der Waals surface area contributed by atoms with E-state index in [2.05, 4.69) is 10.3 Å². The Balaban J connectivity index is 1.82. The highest BCUT2D eigenvalue weighted by Gasteiger charge is 2.41. The van der Waals surface area contributed by atoms with Crippen molar-refractivity contribution in [3.8, 4) is 0 Å². The normalized spacial score (nSPS) is 20.0. The van der Waals surface area contributed by atoms with Gasteiger partial charge in [-0.05, 0) is 42.7 Å². The van der Waals surface area contributed by atoms with Crippen molar-refractivity contribution in [2.45, 2.75) is 31.0 Å². The molecule has 1 fully saturated rings. The Morgan fingerprint density at radius 1 is 1.20 bits per heavy atom. The average molecular weight is 389 g/mol. The predicted octanol–water partition coefficient (Wildman–Crippen LogP) is 5.08. The lowest BCUT2D eigenvalue weighted by atomic mass is 9.73. The van der Waals surface area contributed by atoms with Gasteiger partial charge in [0.05, 0.1) is 11.1 Å². The number of nitrogens with zero attached hydrogens (tertiary/aromatic N) is 1. The molecule has 0 spiro atoms. The molecule has 8 heteroatoms. The second-order valence-electron chi connectivity index (χ2n) is 5.83. The lowest BCUT2D eigenvalue weighted by molar-refractivity contribution is -0.138. The van der Waals surface area contributed by atoms with Crippen LogP contribution in [0.15, 0.2) is 36.5 Å². The molecular formula is C17H13Cl2F3N2O. The van der Waals surface area contributed by atoms with E-state index in [4.69, 9.17) is 23.2 Å². The minimum Gasteiger partial charge on any atom is -0.349 e. The van der Waals surface area contributed by atoms with Crippen LogP contribution in [-0.4, -0.2) is 16.9 Å². The van der Waals surface area contributed by atoms with Crippen LogP contribution >= 0.6 is 23.2 Å². The Morgan fingerprint density at radius 3 is 2.56 bits per heavy atom. The third-order valence-corrected chi connectivity index (χ3v) is 4.85. The fraction of sp³-hybridized carbons (Fsp3) is 0.294. The van der Waals surface area contributed by atoms with Crippen molar-refractivity contribution in [3.63, 3.8) is 0 Å². The second-order valence-corrected chi connectivity index (χ2v) is 6.63. The van der Waals surface area contributed by atoms with Crippen LogP contribution in [0, 0.1) is 0 Å². The molecule has 1 saturated carbocycles. The molecule has 3 rings (SSSR count). The van der Waals surface area contributed by atoms with Gasteiger partial charge < -0.3 is 5.32 Å². The molecule has 132 valence electrons. The molecule has 0 radical (unpaired) electrons. The smallest absolute Gasteiger partial charge is 0.349 e. The van der Waals surface area contributed by atoms with E-state index in [1.54, 1.807) is 6.07 Å². The molecule has 0 saturated heterocycles. The average Bonchev–Trinajstić information content (AvgIpc) is 2.52. The van der Waals surface area contributed by atoms with Gasteiger partial charge in [-0.3, -0.25) is 4.79 Å². The lowest BCUT2D eigenvalue weighted by Gasteiger charge is -2.38. The Labute approximate surface area is 152 Å². The molecule has 1 aliphatic carbocycles. The van der Waals surface area contributed by atoms with Crippen molar-refractivity contribution in [1.82, 2.24) is 10.3 Å². The summed E-state index contributed by atoms with van der Waals surface area (Å²) >= 11 is 11.6. The van der Waals surface area contributed by atoms with Crippen LogP contribution in [-0.2, 0) is 6.18 Å². The van der Waals surface area contributed by atoms with Gasteiger partial charge in [0.1, 0.15) is 5.15 Å². The van der Waals surface area contributed by atoms with Gasteiger partial charge in [0.15, 0.2) is 0 Å². The maximum Gasteiger partial charge on any atom is 0.416 e. The Morgan fingerprint density at radius 2 is 1.96 bits per heavy atom. The van der Waals surface area contributed by atoms with Crippen LogP contribution in [0.1, 0.15) is 40.2 Å². The van der Waals surface area contributed by atoms with Crippen molar-refractivity contribution in [2.24, 2.45) is 0 Å². The number of hydrogen-bond acceptors (Lipinski definition) is 2. The van der Waals surface area contributed by atoms with Gasteiger partial charge in [-0.1, -0.05) is 29.3 Å². The molecule has 1 aliphatic rings. The third-order valence-electron chi connectivity index (χ3n) is 4.31. The number of carbonyl (C=O) groups excluding carboxylic acids is 1. The number of hydrogen-bond donors (Lipinski definition) is 1. The van der Waals surface area contributed by atoms with Crippen LogP contribution in [0.3, 0.4) is 0 Å². The summed E-state index contributed by atoms with van der Waals surface area (Å²) in [5.74, 6) is -0.872. The molecule has 25 heavy (non-hydrogen) atoms. The molecule has 0 unspecified atom stereocenters. The first-order valence-electron chi connectivity index (χ1n) is 7.55. The number of pyridine rings is 1. The summed E-state index contributed by atoms with van der Waals surface area (Å²) in [6, 6.07) is 6.42. The van der Waals surface area contributed by atoms with Crippen molar-refractivity contribution in [1.29, 1.82) is 0 Å². The third kappa shape index (κ3) is 3.75. The fourth-order valence-corrected chi connectivity index (χ4v) is 3.32. The summed E-state index contributed by atoms with van der Waals surface area (Å²) in [6.07, 6.45) is -1.91. The molecular weight excluding hydrogens is 376 g/mol. The zero-order valence-electron chi connectivity index (χ0n) is 12.8. The molecule has 1 aromatic heterocycles. The first kappa shape index (κ1) is 18.0. The first-order valence-corrected chi connectivity index (χ1v) is 8.31. The fourth-order valence-electron chi connectivity index (χ4n) is 2.94. The second kappa shape index (κ2) is 6.84. The summed E-state index contributed by atoms with van der Waals surface area (Å²) in [5.41, 5.74) is -0.420. The highest BCUT2D eigenvalue weighted by Crippen LogP contribution is 2.44. The number of benzene rings is 1. The largest absolute Gasteiger partial charge is 0.416 e. The quantitative estimate of drug-likeness (QED) is 0.744. The first-order chi connectivity index (χ1) is 11.8. The molecule has 2 atom stereocenters. The van der Waals surface area contributed by atoms with Crippen LogP contribution in [0.25, 0.3) is 0 Å². The molecule has 3 nitrogen and oxygen atoms in total. The van der Waals surface area contributed by atoms with Crippen molar-refractivity contribution in [3.05, 3.63) is 63.4 Å². The van der Waals surface area contributed by atoms with E-state index in [9.17, 15) is 18.0 Å². The molecule has 1 amide bonds. The SMILES string of the molecule is O=C(N[C@@H]1CC[C@@H]1c1ccc(Cl)cc1C(F)(F)F)c1cccnc1Cl. The van der Waals surface area contributed by atoms with Gasteiger partial charge in [0.2, 0.25) is 0 Å². The van der Waals surface area contributed by atoms with E-state index in [0.29, 0.717) is 12.8 Å². The van der Waals surface area contributed by atoms with Gasteiger partial charge in [-0.25, -0.2) is 4.98 Å². The summed E-state index contributed by atoms with van der Waals surface area (Å²) in [7, 11) is 0. The Bertz CT molecular complexity index is 811. The van der Waals surface area contributed by atoms with E-state index in [1.807, 2.05) is 0 Å². The van der Waals surface area contributed by atoms with Crippen molar-refractivity contribution in [2.75, 3.05) is 0 Å². The molecule has 1 heterocycles. The summed E-state index contributed by atoms with van der Waals surface area (Å²) < 4.78 is 39.9. The Kier molecular flexibility index (Phi) is 4.93. The predicted molar refractivity (Wildman–Crippen MR) is 88.9 cm³/mol. The maximum atomic E-state index is 13.3. The number of halogens is 5. The molecule has 0 aliphatic heterocycles. The van der Waals surface area contributed by atoms with E-state index in [-0.39, 0.29) is 21.3 Å². The summed E-state index contributed by atoms with van der Waals surface area (Å²) in [6.45, 7) is 0. The van der Waals surface area contributed by atoms with Crippen molar-refractivity contribution >= 4 is 29.1 Å². The summed E-state index contributed by atoms with van der Waals surface area (Å²) in [4.78, 5) is 16.1. The number of carbonyl (C=O) groups is 1. The van der Waals surface area contributed by atoms with E-state index >= 15 is 0 Å².